The molecule has 2 fully saturated rings. The van der Waals surface area contributed by atoms with E-state index in [2.05, 4.69) is 10.1 Å². The summed E-state index contributed by atoms with van der Waals surface area (Å²) in [5.41, 5.74) is 2.50. The maximum atomic E-state index is 11.1. The van der Waals surface area contributed by atoms with Crippen LogP contribution < -0.4 is 0 Å². The number of rotatable bonds is 3. The van der Waals surface area contributed by atoms with E-state index in [4.69, 9.17) is 4.84 Å². The van der Waals surface area contributed by atoms with Gasteiger partial charge >= 0.3 is 0 Å². The summed E-state index contributed by atoms with van der Waals surface area (Å²) < 4.78 is 0. The highest BCUT2D eigenvalue weighted by Gasteiger charge is 2.52. The van der Waals surface area contributed by atoms with Gasteiger partial charge in [0.1, 0.15) is 7.11 Å². The van der Waals surface area contributed by atoms with E-state index >= 15 is 0 Å². The predicted molar refractivity (Wildman–Crippen MR) is 77.5 cm³/mol. The molecule has 0 spiro atoms. The first-order valence-electron chi connectivity index (χ1n) is 7.37. The van der Waals surface area contributed by atoms with E-state index in [-0.39, 0.29) is 0 Å². The van der Waals surface area contributed by atoms with Crippen LogP contribution in [0, 0.1) is 18.8 Å². The quantitative estimate of drug-likeness (QED) is 0.862. The zero-order chi connectivity index (χ0) is 14.2. The third-order valence-corrected chi connectivity index (χ3v) is 4.85. The Balaban J connectivity index is 1.79. The van der Waals surface area contributed by atoms with Crippen LogP contribution in [-0.4, -0.2) is 28.5 Å². The maximum Gasteiger partial charge on any atom is 0.106 e. The molecule has 4 nitrogen and oxygen atoms in total. The van der Waals surface area contributed by atoms with Gasteiger partial charge in [0.25, 0.3) is 0 Å². The third kappa shape index (κ3) is 2.33. The van der Waals surface area contributed by atoms with Crippen molar-refractivity contribution in [3.8, 4) is 0 Å². The molecule has 2 saturated carbocycles. The molecule has 0 saturated heterocycles. The van der Waals surface area contributed by atoms with Gasteiger partial charge in [0.05, 0.1) is 11.3 Å². The van der Waals surface area contributed by atoms with Crippen molar-refractivity contribution in [2.24, 2.45) is 17.0 Å². The Hall–Kier alpha value is -1.42. The average Bonchev–Trinajstić information content (AvgIpc) is 2.93. The number of fused-ring (bicyclic) bond motifs is 1. The Morgan fingerprint density at radius 1 is 1.45 bits per heavy atom. The fraction of sp³-hybridized carbons (Fsp3) is 0.625. The highest BCUT2D eigenvalue weighted by molar-refractivity contribution is 5.89. The number of pyridine rings is 1. The smallest absolute Gasteiger partial charge is 0.106 e. The zero-order valence-electron chi connectivity index (χ0n) is 12.2. The van der Waals surface area contributed by atoms with Gasteiger partial charge in [0.15, 0.2) is 0 Å². The summed E-state index contributed by atoms with van der Waals surface area (Å²) in [7, 11) is 1.60. The molecule has 0 amide bonds. The van der Waals surface area contributed by atoms with Gasteiger partial charge in [0, 0.05) is 23.7 Å². The SMILES string of the molecule is CO/N=C1\CC[C@H]2[C@@H]1CC[C@]2(O)Cc1cccc(C)n1. The van der Waals surface area contributed by atoms with Gasteiger partial charge in [0.2, 0.25) is 0 Å². The maximum absolute atomic E-state index is 11.1. The first-order valence-corrected chi connectivity index (χ1v) is 7.37. The number of aliphatic hydroxyl groups is 1. The minimum absolute atomic E-state index is 0.304. The predicted octanol–water partition coefficient (Wildman–Crippen LogP) is 2.49. The van der Waals surface area contributed by atoms with Gasteiger partial charge < -0.3 is 9.94 Å². The van der Waals surface area contributed by atoms with Gasteiger partial charge in [-0.25, -0.2) is 0 Å². The minimum Gasteiger partial charge on any atom is -0.399 e. The standard InChI is InChI=1S/C16H22N2O2/c1-11-4-3-5-12(17-11)10-16(19)9-8-13-14(16)6-7-15(13)18-20-2/h3-5,13-14,19H,6-10H2,1-2H3/b18-15+/t13-,14-,16-/m0/s1. The Labute approximate surface area is 119 Å². The van der Waals surface area contributed by atoms with Gasteiger partial charge in [-0.15, -0.1) is 0 Å². The van der Waals surface area contributed by atoms with Crippen LogP contribution in [0.15, 0.2) is 23.4 Å². The molecule has 4 heteroatoms. The summed E-state index contributed by atoms with van der Waals surface area (Å²) in [6, 6.07) is 6.02. The first-order chi connectivity index (χ1) is 9.62. The monoisotopic (exact) mass is 274 g/mol. The van der Waals surface area contributed by atoms with E-state index < -0.39 is 5.60 Å². The topological polar surface area (TPSA) is 54.7 Å². The van der Waals surface area contributed by atoms with Gasteiger partial charge in [-0.3, -0.25) is 4.98 Å². The average molecular weight is 274 g/mol. The van der Waals surface area contributed by atoms with Crippen molar-refractivity contribution >= 4 is 5.71 Å². The molecule has 3 atom stereocenters. The highest BCUT2D eigenvalue weighted by atomic mass is 16.6. The molecule has 1 aromatic heterocycles. The molecule has 20 heavy (non-hydrogen) atoms. The lowest BCUT2D eigenvalue weighted by atomic mass is 9.84. The summed E-state index contributed by atoms with van der Waals surface area (Å²) in [5.74, 6) is 0.698. The largest absolute Gasteiger partial charge is 0.399 e. The van der Waals surface area contributed by atoms with Crippen LogP contribution in [0.3, 0.4) is 0 Å². The van der Waals surface area contributed by atoms with Crippen molar-refractivity contribution < 1.29 is 9.94 Å². The van der Waals surface area contributed by atoms with E-state index in [0.29, 0.717) is 18.3 Å². The van der Waals surface area contributed by atoms with Crippen LogP contribution in [0.1, 0.15) is 37.1 Å². The number of oxime groups is 1. The zero-order valence-corrected chi connectivity index (χ0v) is 12.2. The second-order valence-corrected chi connectivity index (χ2v) is 6.11. The molecule has 3 rings (SSSR count). The molecule has 0 aliphatic heterocycles. The Bertz CT molecular complexity index is 529. The molecule has 1 N–H and O–H groups in total. The summed E-state index contributed by atoms with van der Waals surface area (Å²) in [6.07, 6.45) is 4.45. The Morgan fingerprint density at radius 3 is 3.05 bits per heavy atom. The number of aromatic nitrogens is 1. The third-order valence-electron chi connectivity index (χ3n) is 4.85. The number of hydrogen-bond acceptors (Lipinski definition) is 4. The second kappa shape index (κ2) is 5.17. The van der Waals surface area contributed by atoms with Crippen LogP contribution in [-0.2, 0) is 11.3 Å². The van der Waals surface area contributed by atoms with Crippen molar-refractivity contribution in [2.45, 2.75) is 44.6 Å². The molecule has 0 unspecified atom stereocenters. The molecular formula is C16H22N2O2. The van der Waals surface area contributed by atoms with Gasteiger partial charge in [-0.2, -0.15) is 0 Å². The first kappa shape index (κ1) is 13.6. The fourth-order valence-electron chi connectivity index (χ4n) is 3.99. The Morgan fingerprint density at radius 2 is 2.30 bits per heavy atom. The van der Waals surface area contributed by atoms with Crippen molar-refractivity contribution in [2.75, 3.05) is 7.11 Å². The molecule has 1 aromatic rings. The number of nitrogens with zero attached hydrogens (tertiary/aromatic N) is 2. The van der Waals surface area contributed by atoms with Crippen LogP contribution in [0.5, 0.6) is 0 Å². The number of aryl methyl sites for hydroxylation is 1. The van der Waals surface area contributed by atoms with Crippen LogP contribution in [0.4, 0.5) is 0 Å². The Kier molecular flexibility index (Phi) is 3.50. The molecule has 1 heterocycles. The highest BCUT2D eigenvalue weighted by Crippen LogP contribution is 2.49. The molecule has 0 aromatic carbocycles. The number of hydrogen-bond donors (Lipinski definition) is 1. The molecular weight excluding hydrogens is 252 g/mol. The lowest BCUT2D eigenvalue weighted by molar-refractivity contribution is -0.00121. The summed E-state index contributed by atoms with van der Waals surface area (Å²) in [5, 5.41) is 15.2. The molecule has 2 aliphatic rings. The van der Waals surface area contributed by atoms with Crippen molar-refractivity contribution in [3.05, 3.63) is 29.6 Å². The minimum atomic E-state index is -0.629. The van der Waals surface area contributed by atoms with E-state index in [1.807, 2.05) is 25.1 Å². The van der Waals surface area contributed by atoms with E-state index in [9.17, 15) is 5.11 Å². The molecule has 0 radical (unpaired) electrons. The van der Waals surface area contributed by atoms with Crippen LogP contribution in [0.25, 0.3) is 0 Å². The molecule has 2 aliphatic carbocycles. The molecule has 0 bridgehead atoms. The fourth-order valence-corrected chi connectivity index (χ4v) is 3.99. The van der Waals surface area contributed by atoms with Gasteiger partial charge in [-0.05, 0) is 50.7 Å². The van der Waals surface area contributed by atoms with Crippen LogP contribution >= 0.6 is 0 Å². The van der Waals surface area contributed by atoms with Crippen LogP contribution in [0.2, 0.25) is 0 Å². The van der Waals surface area contributed by atoms with Crippen molar-refractivity contribution in [1.82, 2.24) is 4.98 Å². The second-order valence-electron chi connectivity index (χ2n) is 6.11. The van der Waals surface area contributed by atoms with Crippen molar-refractivity contribution in [1.29, 1.82) is 0 Å². The summed E-state index contributed by atoms with van der Waals surface area (Å²) >= 11 is 0. The van der Waals surface area contributed by atoms with E-state index in [1.54, 1.807) is 7.11 Å². The van der Waals surface area contributed by atoms with E-state index in [1.165, 1.54) is 0 Å². The summed E-state index contributed by atoms with van der Waals surface area (Å²) in [4.78, 5) is 9.47. The lowest BCUT2D eigenvalue weighted by Crippen LogP contribution is -2.36. The van der Waals surface area contributed by atoms with Gasteiger partial charge in [-0.1, -0.05) is 11.2 Å². The lowest BCUT2D eigenvalue weighted by Gasteiger charge is -2.29. The van der Waals surface area contributed by atoms with E-state index in [0.717, 1.165) is 42.8 Å². The van der Waals surface area contributed by atoms with Crippen molar-refractivity contribution in [3.63, 3.8) is 0 Å². The normalized spacial score (nSPS) is 34.5. The molecule has 108 valence electrons. The summed E-state index contributed by atoms with van der Waals surface area (Å²) in [6.45, 7) is 1.99.